The molecule has 4 amide bonds. The van der Waals surface area contributed by atoms with E-state index in [4.69, 9.17) is 5.73 Å². The maximum atomic E-state index is 12.9. The van der Waals surface area contributed by atoms with E-state index < -0.39 is 41.3 Å². The number of fused-ring (bicyclic) bond motifs is 1. The normalized spacial score (nSPS) is 20.2. The second-order valence-electron chi connectivity index (χ2n) is 7.19. The molecule has 12 nitrogen and oxygen atoms in total. The molecule has 2 aliphatic rings. The van der Waals surface area contributed by atoms with Crippen molar-refractivity contribution in [2.24, 2.45) is 5.73 Å². The van der Waals surface area contributed by atoms with E-state index in [1.54, 1.807) is 22.9 Å². The number of carboxylic acids is 1. The number of carboxylic acid groups (broad SMARTS) is 1. The zero-order valence-electron chi connectivity index (χ0n) is 17.2. The highest BCUT2D eigenvalue weighted by molar-refractivity contribution is 8.01. The largest absolute Gasteiger partial charge is 0.594 e. The maximum absolute atomic E-state index is 12.9. The number of rotatable bonds is 8. The molecule has 2 aliphatic heterocycles. The van der Waals surface area contributed by atoms with Crippen molar-refractivity contribution < 1.29 is 29.1 Å². The van der Waals surface area contributed by atoms with Crippen LogP contribution in [0.2, 0.25) is 0 Å². The Morgan fingerprint density at radius 1 is 1.41 bits per heavy atom. The number of aliphatic carboxylic acids is 1. The topological polar surface area (TPSA) is 182 Å². The number of aromatic nitrogens is 2. The fourth-order valence-electron chi connectivity index (χ4n) is 3.51. The van der Waals surface area contributed by atoms with Crippen molar-refractivity contribution in [3.05, 3.63) is 57.2 Å². The Morgan fingerprint density at radius 3 is 2.85 bits per heavy atom. The molecule has 0 saturated carbocycles. The number of hydrogen-bond acceptors (Lipinski definition) is 9. The summed E-state index contributed by atoms with van der Waals surface area (Å²) in [7, 11) is 0. The van der Waals surface area contributed by atoms with Gasteiger partial charge in [0.05, 0.1) is 0 Å². The summed E-state index contributed by atoms with van der Waals surface area (Å²) in [5.41, 5.74) is 6.07. The Hall–Kier alpha value is -3.30. The smallest absolute Gasteiger partial charge is 0.352 e. The van der Waals surface area contributed by atoms with E-state index in [1.165, 1.54) is 47.1 Å². The minimum atomic E-state index is -1.26. The van der Waals surface area contributed by atoms with E-state index in [0.717, 1.165) is 4.90 Å². The molecule has 178 valence electrons. The molecular formula is C19H18N6O6S3. The molecule has 0 bridgehead atoms. The Balaban J connectivity index is 1.48. The van der Waals surface area contributed by atoms with Crippen molar-refractivity contribution >= 4 is 58.7 Å². The minimum Gasteiger partial charge on any atom is -0.594 e. The molecule has 1 fully saturated rings. The molecule has 4 heterocycles. The zero-order chi connectivity index (χ0) is 24.4. The Morgan fingerprint density at radius 2 is 2.21 bits per heavy atom. The number of β-lactam (4-membered cyclic amide) rings is 1. The lowest BCUT2D eigenvalue weighted by Crippen LogP contribution is -2.71. The lowest BCUT2D eigenvalue weighted by atomic mass is 10.0. The molecule has 0 aromatic carbocycles. The second kappa shape index (κ2) is 9.90. The maximum Gasteiger partial charge on any atom is 0.352 e. The molecule has 2 aromatic rings. The van der Waals surface area contributed by atoms with Gasteiger partial charge in [0.1, 0.15) is 23.2 Å². The number of thioether (sulfide) groups is 2. The van der Waals surface area contributed by atoms with E-state index in [-0.39, 0.29) is 11.4 Å². The quantitative estimate of drug-likeness (QED) is 0.161. The van der Waals surface area contributed by atoms with Crippen LogP contribution in [0.15, 0.2) is 51.5 Å². The fraction of sp³-hybridized carbons (Fsp3) is 0.263. The number of nitrogens with zero attached hydrogens (tertiary/aromatic N) is 3. The predicted molar refractivity (Wildman–Crippen MR) is 123 cm³/mol. The van der Waals surface area contributed by atoms with Crippen LogP contribution in [0.25, 0.3) is 0 Å². The van der Waals surface area contributed by atoms with Crippen LogP contribution in [0.3, 0.4) is 0 Å². The molecule has 5 N–H and O–H groups in total. The molecule has 0 aliphatic carbocycles. The number of urea groups is 1. The van der Waals surface area contributed by atoms with Gasteiger partial charge >= 0.3 is 12.0 Å². The first-order valence-electron chi connectivity index (χ1n) is 9.74. The van der Waals surface area contributed by atoms with Gasteiger partial charge in [0, 0.05) is 22.7 Å². The molecule has 3 atom stereocenters. The van der Waals surface area contributed by atoms with Crippen LogP contribution in [0.4, 0.5) is 4.79 Å². The van der Waals surface area contributed by atoms with Crippen molar-refractivity contribution in [3.63, 3.8) is 0 Å². The summed E-state index contributed by atoms with van der Waals surface area (Å²) in [5.74, 6) is -1.91. The van der Waals surface area contributed by atoms with Crippen molar-refractivity contribution in [1.29, 1.82) is 0 Å². The number of thiophene rings is 1. The van der Waals surface area contributed by atoms with E-state index in [0.29, 0.717) is 26.8 Å². The number of nitrogens with two attached hydrogens (primary N) is 1. The van der Waals surface area contributed by atoms with E-state index in [2.05, 4.69) is 15.7 Å². The van der Waals surface area contributed by atoms with Crippen LogP contribution in [0.5, 0.6) is 0 Å². The van der Waals surface area contributed by atoms with E-state index in [1.807, 2.05) is 0 Å². The highest BCUT2D eigenvalue weighted by Crippen LogP contribution is 2.41. The van der Waals surface area contributed by atoms with Gasteiger partial charge < -0.3 is 26.7 Å². The van der Waals surface area contributed by atoms with Gasteiger partial charge in [0.15, 0.2) is 5.03 Å². The first kappa shape index (κ1) is 23.8. The Labute approximate surface area is 205 Å². The molecule has 4 rings (SSSR count). The average molecular weight is 523 g/mol. The van der Waals surface area contributed by atoms with Gasteiger partial charge in [0.25, 0.3) is 5.91 Å². The van der Waals surface area contributed by atoms with Crippen LogP contribution in [0, 0.1) is 5.21 Å². The van der Waals surface area contributed by atoms with Gasteiger partial charge in [-0.1, -0.05) is 16.6 Å². The summed E-state index contributed by atoms with van der Waals surface area (Å²) in [6, 6.07) is 1.88. The average Bonchev–Trinajstić information content (AvgIpc) is 3.33. The molecule has 0 radical (unpaired) electrons. The van der Waals surface area contributed by atoms with Gasteiger partial charge in [-0.25, -0.2) is 9.59 Å². The van der Waals surface area contributed by atoms with Crippen LogP contribution in [-0.2, 0) is 14.4 Å². The zero-order valence-corrected chi connectivity index (χ0v) is 19.7. The number of nitrogens with one attached hydrogen (secondary N) is 2. The predicted octanol–water partition coefficient (Wildman–Crippen LogP) is 0.0168. The SMILES string of the molecule is NC(=O)NC(C(=O)N[C@H]1C(=O)N2C(C(=O)O)=C(CSc3ccc[n+]([O-])n3)CSC12)c1ccsc1. The molecule has 0 spiro atoms. The van der Waals surface area contributed by atoms with Crippen molar-refractivity contribution in [2.45, 2.75) is 22.5 Å². The van der Waals surface area contributed by atoms with Gasteiger partial charge in [-0.05, 0) is 34.0 Å². The first-order valence-corrected chi connectivity index (χ1v) is 12.7. The lowest BCUT2D eigenvalue weighted by molar-refractivity contribution is -0.672. The van der Waals surface area contributed by atoms with Crippen molar-refractivity contribution in [3.8, 4) is 0 Å². The molecule has 34 heavy (non-hydrogen) atoms. The lowest BCUT2D eigenvalue weighted by Gasteiger charge is -2.49. The van der Waals surface area contributed by atoms with Gasteiger partial charge in [-0.3, -0.25) is 14.5 Å². The van der Waals surface area contributed by atoms with Gasteiger partial charge in [0.2, 0.25) is 12.1 Å². The second-order valence-corrected chi connectivity index (χ2v) is 10.1. The molecule has 1 saturated heterocycles. The number of hydrogen-bond donors (Lipinski definition) is 4. The van der Waals surface area contributed by atoms with Gasteiger partial charge in [-0.15, -0.1) is 11.8 Å². The van der Waals surface area contributed by atoms with Gasteiger partial charge in [-0.2, -0.15) is 11.3 Å². The molecule has 15 heteroatoms. The highest BCUT2D eigenvalue weighted by Gasteiger charge is 2.54. The third-order valence-corrected chi connectivity index (χ3v) is 8.06. The Bertz CT molecular complexity index is 1170. The standard InChI is InChI=1S/C19H18N6O6S3/c20-19(30)22-12(9-3-5-32-6-9)15(26)21-13-16(27)25-14(18(28)29)10(8-34-17(13)25)7-33-11-2-1-4-24(31)23-11/h1-6,12-13,17H,7-8H2,(H,21,26)(H,28,29)(H3,20,22,30)/t12?,13-,17?/m0/s1. The Kier molecular flexibility index (Phi) is 6.95. The number of amides is 4. The number of primary amides is 1. The number of carbonyl (C=O) groups excluding carboxylic acids is 3. The third kappa shape index (κ3) is 4.80. The van der Waals surface area contributed by atoms with E-state index in [9.17, 15) is 29.5 Å². The van der Waals surface area contributed by atoms with Crippen LogP contribution in [-0.4, -0.2) is 61.8 Å². The highest BCUT2D eigenvalue weighted by atomic mass is 32.2. The third-order valence-electron chi connectivity index (χ3n) is 5.02. The van der Waals surface area contributed by atoms with Crippen LogP contribution < -0.4 is 21.2 Å². The van der Waals surface area contributed by atoms with Crippen LogP contribution in [0.1, 0.15) is 11.6 Å². The van der Waals surface area contributed by atoms with E-state index >= 15 is 0 Å². The minimum absolute atomic E-state index is 0.137. The molecule has 2 aromatic heterocycles. The fourth-order valence-corrected chi connectivity index (χ4v) is 6.55. The summed E-state index contributed by atoms with van der Waals surface area (Å²) in [6.07, 6.45) is 1.24. The van der Waals surface area contributed by atoms with Crippen molar-refractivity contribution in [2.75, 3.05) is 11.5 Å². The summed E-state index contributed by atoms with van der Waals surface area (Å²) in [6.45, 7) is 0. The summed E-state index contributed by atoms with van der Waals surface area (Å²) in [5, 5.41) is 33.1. The van der Waals surface area contributed by atoms with Crippen LogP contribution >= 0.6 is 34.9 Å². The summed E-state index contributed by atoms with van der Waals surface area (Å²) in [4.78, 5) is 50.6. The number of carbonyl (C=O) groups is 4. The van der Waals surface area contributed by atoms with Crippen molar-refractivity contribution in [1.82, 2.24) is 20.6 Å². The summed E-state index contributed by atoms with van der Waals surface area (Å²) < 4.78 is 0. The summed E-state index contributed by atoms with van der Waals surface area (Å²) >= 11 is 3.83. The monoisotopic (exact) mass is 522 g/mol. The molecular weight excluding hydrogens is 504 g/mol. The molecule has 2 unspecified atom stereocenters. The first-order chi connectivity index (χ1) is 16.3.